The van der Waals surface area contributed by atoms with Gasteiger partial charge < -0.3 is 15.0 Å². The quantitative estimate of drug-likeness (QED) is 0.678. The molecule has 3 rings (SSSR count). The first-order valence-electron chi connectivity index (χ1n) is 8.73. The van der Waals surface area contributed by atoms with Crippen LogP contribution in [0, 0.1) is 6.92 Å². The zero-order chi connectivity index (χ0) is 18.4. The van der Waals surface area contributed by atoms with Gasteiger partial charge in [0.25, 0.3) is 0 Å². The molecule has 0 aliphatic rings. The molecular formula is C21H24N4O. The van der Waals surface area contributed by atoms with E-state index in [0.29, 0.717) is 5.95 Å². The van der Waals surface area contributed by atoms with E-state index < -0.39 is 0 Å². The second kappa shape index (κ2) is 8.34. The van der Waals surface area contributed by atoms with Gasteiger partial charge in [0.2, 0.25) is 5.95 Å². The summed E-state index contributed by atoms with van der Waals surface area (Å²) in [5.41, 5.74) is 3.08. The van der Waals surface area contributed by atoms with Crippen molar-refractivity contribution in [1.82, 2.24) is 9.97 Å². The van der Waals surface area contributed by atoms with Crippen molar-refractivity contribution in [2.24, 2.45) is 0 Å². The van der Waals surface area contributed by atoms with Crippen molar-refractivity contribution in [3.05, 3.63) is 71.9 Å². The Morgan fingerprint density at radius 3 is 2.54 bits per heavy atom. The van der Waals surface area contributed by atoms with Gasteiger partial charge in [-0.3, -0.25) is 0 Å². The molecule has 1 N–H and O–H groups in total. The van der Waals surface area contributed by atoms with Gasteiger partial charge >= 0.3 is 0 Å². The third kappa shape index (κ3) is 4.51. The molecule has 0 amide bonds. The predicted molar refractivity (Wildman–Crippen MR) is 106 cm³/mol. The monoisotopic (exact) mass is 348 g/mol. The molecule has 0 fully saturated rings. The van der Waals surface area contributed by atoms with Crippen LogP contribution in [0.4, 0.5) is 17.5 Å². The normalized spacial score (nSPS) is 10.4. The van der Waals surface area contributed by atoms with Crippen molar-refractivity contribution < 1.29 is 4.74 Å². The van der Waals surface area contributed by atoms with Crippen LogP contribution in [0.25, 0.3) is 0 Å². The Morgan fingerprint density at radius 1 is 1.00 bits per heavy atom. The summed E-state index contributed by atoms with van der Waals surface area (Å²) >= 11 is 0. The average molecular weight is 348 g/mol. The fourth-order valence-electron chi connectivity index (χ4n) is 2.76. The van der Waals surface area contributed by atoms with Crippen LogP contribution in [-0.4, -0.2) is 23.6 Å². The number of benzene rings is 2. The maximum atomic E-state index is 5.27. The summed E-state index contributed by atoms with van der Waals surface area (Å²) < 4.78 is 5.27. The van der Waals surface area contributed by atoms with E-state index in [4.69, 9.17) is 9.72 Å². The molecule has 5 nitrogen and oxygen atoms in total. The molecule has 0 aliphatic heterocycles. The molecule has 134 valence electrons. The van der Waals surface area contributed by atoms with E-state index in [1.54, 1.807) is 7.11 Å². The van der Waals surface area contributed by atoms with E-state index in [-0.39, 0.29) is 0 Å². The fourth-order valence-corrected chi connectivity index (χ4v) is 2.76. The smallest absolute Gasteiger partial charge is 0.229 e. The van der Waals surface area contributed by atoms with Gasteiger partial charge in [-0.1, -0.05) is 36.4 Å². The van der Waals surface area contributed by atoms with Crippen LogP contribution in [0.2, 0.25) is 0 Å². The van der Waals surface area contributed by atoms with E-state index in [2.05, 4.69) is 46.4 Å². The summed E-state index contributed by atoms with van der Waals surface area (Å²) in [6.07, 6.45) is 0. The molecule has 5 heteroatoms. The van der Waals surface area contributed by atoms with Gasteiger partial charge in [0.05, 0.1) is 7.11 Å². The van der Waals surface area contributed by atoms with Gasteiger partial charge in [-0.2, -0.15) is 4.98 Å². The molecule has 0 spiro atoms. The van der Waals surface area contributed by atoms with Crippen LogP contribution in [0.5, 0.6) is 5.75 Å². The fraction of sp³-hybridized carbons (Fsp3) is 0.238. The number of methoxy groups -OCH3 is 1. The molecule has 3 aromatic rings. The van der Waals surface area contributed by atoms with Crippen LogP contribution in [-0.2, 0) is 6.54 Å². The standard InChI is InChI=1S/C21H24N4O/c1-4-25(15-17-9-6-5-7-10-17)20-13-16(2)22-21(24-20)23-18-11-8-12-19(14-18)26-3/h5-14H,4,15H2,1-3H3,(H,22,23,24). The molecule has 0 saturated heterocycles. The van der Waals surface area contributed by atoms with Crippen molar-refractivity contribution in [3.63, 3.8) is 0 Å². The third-order valence-corrected chi connectivity index (χ3v) is 4.09. The largest absolute Gasteiger partial charge is 0.497 e. The van der Waals surface area contributed by atoms with Crippen molar-refractivity contribution >= 4 is 17.5 Å². The number of aromatic nitrogens is 2. The van der Waals surface area contributed by atoms with Crippen molar-refractivity contribution in [2.75, 3.05) is 23.9 Å². The topological polar surface area (TPSA) is 50.3 Å². The summed E-state index contributed by atoms with van der Waals surface area (Å²) in [5.74, 6) is 2.29. The van der Waals surface area contributed by atoms with Crippen LogP contribution in [0.1, 0.15) is 18.2 Å². The molecule has 2 aromatic carbocycles. The zero-order valence-electron chi connectivity index (χ0n) is 15.4. The Morgan fingerprint density at radius 2 is 1.81 bits per heavy atom. The van der Waals surface area contributed by atoms with E-state index in [1.807, 2.05) is 43.3 Å². The highest BCUT2D eigenvalue weighted by molar-refractivity contribution is 5.57. The van der Waals surface area contributed by atoms with Crippen LogP contribution in [0.15, 0.2) is 60.7 Å². The summed E-state index contributed by atoms with van der Waals surface area (Å²) in [4.78, 5) is 11.5. The van der Waals surface area contributed by atoms with Crippen LogP contribution >= 0.6 is 0 Å². The Hall–Kier alpha value is -3.08. The van der Waals surface area contributed by atoms with Gasteiger partial charge in [0, 0.05) is 36.6 Å². The predicted octanol–water partition coefficient (Wildman–Crippen LogP) is 4.56. The lowest BCUT2D eigenvalue weighted by Gasteiger charge is -2.23. The summed E-state index contributed by atoms with van der Waals surface area (Å²) in [5, 5.41) is 3.27. The highest BCUT2D eigenvalue weighted by Crippen LogP contribution is 2.22. The Labute approximate surface area is 154 Å². The molecule has 1 heterocycles. The SMILES string of the molecule is CCN(Cc1ccccc1)c1cc(C)nc(Nc2cccc(OC)c2)n1. The minimum atomic E-state index is 0.583. The summed E-state index contributed by atoms with van der Waals surface area (Å²) in [7, 11) is 1.66. The number of hydrogen-bond acceptors (Lipinski definition) is 5. The molecular weight excluding hydrogens is 324 g/mol. The maximum Gasteiger partial charge on any atom is 0.229 e. The molecule has 0 atom stereocenters. The molecule has 1 aromatic heterocycles. The number of nitrogens with zero attached hydrogens (tertiary/aromatic N) is 3. The summed E-state index contributed by atoms with van der Waals surface area (Å²) in [6, 6.07) is 20.2. The minimum absolute atomic E-state index is 0.583. The lowest BCUT2D eigenvalue weighted by atomic mass is 10.2. The number of anilines is 3. The summed E-state index contributed by atoms with van der Waals surface area (Å²) in [6.45, 7) is 5.80. The van der Waals surface area contributed by atoms with E-state index in [9.17, 15) is 0 Å². The second-order valence-electron chi connectivity index (χ2n) is 6.05. The first-order chi connectivity index (χ1) is 12.7. The van der Waals surface area contributed by atoms with Gasteiger partial charge in [-0.05, 0) is 31.5 Å². The first kappa shape index (κ1) is 17.7. The Balaban J connectivity index is 1.83. The minimum Gasteiger partial charge on any atom is -0.497 e. The van der Waals surface area contributed by atoms with Crippen molar-refractivity contribution in [3.8, 4) is 5.75 Å². The second-order valence-corrected chi connectivity index (χ2v) is 6.05. The van der Waals surface area contributed by atoms with Crippen LogP contribution < -0.4 is 15.0 Å². The average Bonchev–Trinajstić information content (AvgIpc) is 2.66. The molecule has 0 bridgehead atoms. The Bertz CT molecular complexity index is 852. The van der Waals surface area contributed by atoms with Gasteiger partial charge in [0.15, 0.2) is 0 Å². The van der Waals surface area contributed by atoms with Crippen molar-refractivity contribution in [2.45, 2.75) is 20.4 Å². The highest BCUT2D eigenvalue weighted by atomic mass is 16.5. The lowest BCUT2D eigenvalue weighted by Crippen LogP contribution is -2.23. The molecule has 0 aliphatic carbocycles. The van der Waals surface area contributed by atoms with Gasteiger partial charge in [0.1, 0.15) is 11.6 Å². The number of nitrogens with one attached hydrogen (secondary N) is 1. The van der Waals surface area contributed by atoms with E-state index in [0.717, 1.165) is 36.0 Å². The molecule has 0 unspecified atom stereocenters. The molecule has 26 heavy (non-hydrogen) atoms. The lowest BCUT2D eigenvalue weighted by molar-refractivity contribution is 0.415. The van der Waals surface area contributed by atoms with E-state index in [1.165, 1.54) is 5.56 Å². The third-order valence-electron chi connectivity index (χ3n) is 4.09. The van der Waals surface area contributed by atoms with Gasteiger partial charge in [-0.25, -0.2) is 4.98 Å². The molecule has 0 saturated carbocycles. The number of aryl methyl sites for hydroxylation is 1. The number of hydrogen-bond donors (Lipinski definition) is 1. The first-order valence-corrected chi connectivity index (χ1v) is 8.73. The van der Waals surface area contributed by atoms with Crippen LogP contribution in [0.3, 0.4) is 0 Å². The molecule has 0 radical (unpaired) electrons. The van der Waals surface area contributed by atoms with Crippen molar-refractivity contribution in [1.29, 1.82) is 0 Å². The Kier molecular flexibility index (Phi) is 5.69. The zero-order valence-corrected chi connectivity index (χ0v) is 15.4. The van der Waals surface area contributed by atoms with Gasteiger partial charge in [-0.15, -0.1) is 0 Å². The maximum absolute atomic E-state index is 5.27. The number of ether oxygens (including phenoxy) is 1. The number of rotatable bonds is 7. The van der Waals surface area contributed by atoms with E-state index >= 15 is 0 Å². The highest BCUT2D eigenvalue weighted by Gasteiger charge is 2.10.